The summed E-state index contributed by atoms with van der Waals surface area (Å²) in [4.78, 5) is 4.41. The highest BCUT2D eigenvalue weighted by atomic mass is 16.3. The van der Waals surface area contributed by atoms with Gasteiger partial charge in [-0.05, 0) is 37.9 Å². The SMILES string of the molecule is OC12CCCCC1C(Cc1ccccn1)NCC2. The lowest BCUT2D eigenvalue weighted by Crippen LogP contribution is -2.58. The van der Waals surface area contributed by atoms with E-state index in [2.05, 4.69) is 16.4 Å². The summed E-state index contributed by atoms with van der Waals surface area (Å²) in [5.41, 5.74) is 0.716. The van der Waals surface area contributed by atoms with Gasteiger partial charge >= 0.3 is 0 Å². The molecule has 3 rings (SSSR count). The molecule has 3 heteroatoms. The molecule has 0 radical (unpaired) electrons. The van der Waals surface area contributed by atoms with Crippen LogP contribution in [0.2, 0.25) is 0 Å². The van der Waals surface area contributed by atoms with Crippen molar-refractivity contribution in [3.05, 3.63) is 30.1 Å². The van der Waals surface area contributed by atoms with Crippen LogP contribution in [0.3, 0.4) is 0 Å². The van der Waals surface area contributed by atoms with E-state index in [4.69, 9.17) is 0 Å². The molecule has 1 aliphatic heterocycles. The number of hydrogen-bond acceptors (Lipinski definition) is 3. The van der Waals surface area contributed by atoms with Crippen LogP contribution >= 0.6 is 0 Å². The van der Waals surface area contributed by atoms with Crippen LogP contribution in [-0.2, 0) is 6.42 Å². The third-order valence-corrected chi connectivity index (χ3v) is 4.67. The van der Waals surface area contributed by atoms with Crippen LogP contribution in [0.4, 0.5) is 0 Å². The molecule has 1 saturated heterocycles. The number of nitrogens with one attached hydrogen (secondary N) is 1. The molecule has 1 aromatic rings. The first-order valence-electron chi connectivity index (χ1n) is 7.14. The van der Waals surface area contributed by atoms with Crippen molar-refractivity contribution in [2.45, 2.75) is 50.2 Å². The number of piperidine rings is 1. The Morgan fingerprint density at radius 1 is 1.33 bits per heavy atom. The molecular weight excluding hydrogens is 224 g/mol. The molecule has 2 fully saturated rings. The summed E-state index contributed by atoms with van der Waals surface area (Å²) in [6.45, 7) is 0.935. The van der Waals surface area contributed by atoms with E-state index in [1.54, 1.807) is 0 Å². The Hall–Kier alpha value is -0.930. The minimum absolute atomic E-state index is 0.388. The molecule has 3 atom stereocenters. The smallest absolute Gasteiger partial charge is 0.0702 e. The highest BCUT2D eigenvalue weighted by Gasteiger charge is 2.45. The first-order chi connectivity index (χ1) is 8.78. The first kappa shape index (κ1) is 12.1. The van der Waals surface area contributed by atoms with E-state index in [-0.39, 0.29) is 0 Å². The van der Waals surface area contributed by atoms with Gasteiger partial charge in [-0.15, -0.1) is 0 Å². The van der Waals surface area contributed by atoms with Gasteiger partial charge in [-0.25, -0.2) is 0 Å². The van der Waals surface area contributed by atoms with Crippen LogP contribution in [0.25, 0.3) is 0 Å². The van der Waals surface area contributed by atoms with Gasteiger partial charge in [-0.2, -0.15) is 0 Å². The number of aliphatic hydroxyl groups is 1. The Balaban J connectivity index is 1.75. The van der Waals surface area contributed by atoms with Gasteiger partial charge in [0.05, 0.1) is 5.60 Å². The van der Waals surface area contributed by atoms with Crippen LogP contribution in [0, 0.1) is 5.92 Å². The molecule has 0 bridgehead atoms. The fraction of sp³-hybridized carbons (Fsp3) is 0.667. The lowest BCUT2D eigenvalue weighted by Gasteiger charge is -2.48. The monoisotopic (exact) mass is 246 g/mol. The maximum Gasteiger partial charge on any atom is 0.0702 e. The molecule has 18 heavy (non-hydrogen) atoms. The minimum atomic E-state index is -0.414. The van der Waals surface area contributed by atoms with Crippen molar-refractivity contribution in [3.63, 3.8) is 0 Å². The molecule has 1 aromatic heterocycles. The molecule has 1 aliphatic carbocycles. The van der Waals surface area contributed by atoms with E-state index in [1.165, 1.54) is 12.8 Å². The predicted molar refractivity (Wildman–Crippen MR) is 71.3 cm³/mol. The first-order valence-corrected chi connectivity index (χ1v) is 7.14. The number of pyridine rings is 1. The second kappa shape index (κ2) is 4.98. The normalized spacial score (nSPS) is 36.1. The zero-order valence-corrected chi connectivity index (χ0v) is 10.8. The summed E-state index contributed by atoms with van der Waals surface area (Å²) in [5, 5.41) is 14.4. The van der Waals surface area contributed by atoms with Crippen molar-refractivity contribution in [3.8, 4) is 0 Å². The highest BCUT2D eigenvalue weighted by Crippen LogP contribution is 2.40. The molecule has 0 spiro atoms. The summed E-state index contributed by atoms with van der Waals surface area (Å²) in [6.07, 6.45) is 8.28. The average Bonchev–Trinajstić information content (AvgIpc) is 2.39. The second-order valence-electron chi connectivity index (χ2n) is 5.79. The lowest BCUT2D eigenvalue weighted by molar-refractivity contribution is -0.0851. The fourth-order valence-electron chi connectivity index (χ4n) is 3.71. The van der Waals surface area contributed by atoms with E-state index < -0.39 is 5.60 Å². The van der Waals surface area contributed by atoms with E-state index in [1.807, 2.05) is 18.3 Å². The van der Waals surface area contributed by atoms with Gasteiger partial charge in [-0.1, -0.05) is 18.9 Å². The van der Waals surface area contributed by atoms with Crippen molar-refractivity contribution >= 4 is 0 Å². The summed E-state index contributed by atoms with van der Waals surface area (Å²) in [5.74, 6) is 0.405. The summed E-state index contributed by atoms with van der Waals surface area (Å²) in [6, 6.07) is 6.46. The van der Waals surface area contributed by atoms with E-state index in [0.29, 0.717) is 12.0 Å². The Labute approximate surface area is 109 Å². The van der Waals surface area contributed by atoms with Crippen LogP contribution < -0.4 is 5.32 Å². The Morgan fingerprint density at radius 3 is 3.11 bits per heavy atom. The van der Waals surface area contributed by atoms with Crippen LogP contribution in [0.5, 0.6) is 0 Å². The maximum atomic E-state index is 10.8. The molecule has 2 N–H and O–H groups in total. The van der Waals surface area contributed by atoms with Crippen LogP contribution in [0.15, 0.2) is 24.4 Å². The largest absolute Gasteiger partial charge is 0.389 e. The summed E-state index contributed by atoms with van der Waals surface area (Å²) < 4.78 is 0. The third kappa shape index (κ3) is 2.29. The van der Waals surface area contributed by atoms with Gasteiger partial charge in [0.15, 0.2) is 0 Å². The molecule has 0 aromatic carbocycles. The van der Waals surface area contributed by atoms with Gasteiger partial charge in [0.25, 0.3) is 0 Å². The van der Waals surface area contributed by atoms with Gasteiger partial charge in [0, 0.05) is 30.3 Å². The Bertz CT molecular complexity index is 391. The quantitative estimate of drug-likeness (QED) is 0.838. The molecule has 3 unspecified atom stereocenters. The van der Waals surface area contributed by atoms with Crippen molar-refractivity contribution in [2.24, 2.45) is 5.92 Å². The van der Waals surface area contributed by atoms with Gasteiger partial charge in [0.1, 0.15) is 0 Å². The van der Waals surface area contributed by atoms with Gasteiger partial charge in [0.2, 0.25) is 0 Å². The van der Waals surface area contributed by atoms with Crippen LogP contribution in [-0.4, -0.2) is 28.3 Å². The average molecular weight is 246 g/mol. The number of nitrogens with zero attached hydrogens (tertiary/aromatic N) is 1. The van der Waals surface area contributed by atoms with E-state index >= 15 is 0 Å². The Kier molecular flexibility index (Phi) is 3.35. The van der Waals surface area contributed by atoms with Crippen LogP contribution in [0.1, 0.15) is 37.8 Å². The molecule has 2 heterocycles. The topological polar surface area (TPSA) is 45.2 Å². The molecule has 98 valence electrons. The van der Waals surface area contributed by atoms with Crippen molar-refractivity contribution < 1.29 is 5.11 Å². The summed E-state index contributed by atoms with van der Waals surface area (Å²) >= 11 is 0. The number of rotatable bonds is 2. The van der Waals surface area contributed by atoms with Crippen molar-refractivity contribution in [1.82, 2.24) is 10.3 Å². The minimum Gasteiger partial charge on any atom is -0.389 e. The zero-order chi connectivity index (χ0) is 12.4. The molecule has 1 saturated carbocycles. The number of aromatic nitrogens is 1. The molecule has 0 amide bonds. The Morgan fingerprint density at radius 2 is 2.28 bits per heavy atom. The third-order valence-electron chi connectivity index (χ3n) is 4.67. The predicted octanol–water partition coefficient (Wildman–Crippen LogP) is 1.91. The standard InChI is InChI=1S/C15H22N2O/c18-15-7-3-1-6-13(15)14(17-10-8-15)11-12-5-2-4-9-16-12/h2,4-5,9,13-14,17-18H,1,3,6-8,10-11H2. The second-order valence-corrected chi connectivity index (χ2v) is 5.79. The van der Waals surface area contributed by atoms with Crippen molar-refractivity contribution in [1.29, 1.82) is 0 Å². The van der Waals surface area contributed by atoms with E-state index in [0.717, 1.165) is 37.9 Å². The highest BCUT2D eigenvalue weighted by molar-refractivity contribution is 5.09. The zero-order valence-electron chi connectivity index (χ0n) is 10.8. The number of hydrogen-bond donors (Lipinski definition) is 2. The number of fused-ring (bicyclic) bond motifs is 1. The van der Waals surface area contributed by atoms with E-state index in [9.17, 15) is 5.11 Å². The lowest BCUT2D eigenvalue weighted by atomic mass is 9.67. The fourth-order valence-corrected chi connectivity index (χ4v) is 3.71. The molecular formula is C15H22N2O. The van der Waals surface area contributed by atoms with Gasteiger partial charge < -0.3 is 10.4 Å². The maximum absolute atomic E-state index is 10.8. The van der Waals surface area contributed by atoms with Gasteiger partial charge in [-0.3, -0.25) is 4.98 Å². The molecule has 2 aliphatic rings. The summed E-state index contributed by atoms with van der Waals surface area (Å²) in [7, 11) is 0. The van der Waals surface area contributed by atoms with Crippen molar-refractivity contribution in [2.75, 3.05) is 6.54 Å². The molecule has 3 nitrogen and oxygen atoms in total.